The summed E-state index contributed by atoms with van der Waals surface area (Å²) in [4.78, 5) is 16.8. The number of rotatable bonds is 2. The van der Waals surface area contributed by atoms with Gasteiger partial charge in [-0.3, -0.25) is 4.79 Å². The van der Waals surface area contributed by atoms with Crippen molar-refractivity contribution in [3.05, 3.63) is 30.3 Å². The van der Waals surface area contributed by atoms with E-state index >= 15 is 0 Å². The molecule has 0 saturated carbocycles. The van der Waals surface area contributed by atoms with Gasteiger partial charge in [0.15, 0.2) is 0 Å². The summed E-state index contributed by atoms with van der Waals surface area (Å²) in [5, 5.41) is 0. The Morgan fingerprint density at radius 2 is 1.95 bits per heavy atom. The van der Waals surface area contributed by atoms with Gasteiger partial charge in [-0.1, -0.05) is 18.2 Å². The van der Waals surface area contributed by atoms with Crippen LogP contribution in [0.4, 0.5) is 5.69 Å². The van der Waals surface area contributed by atoms with Gasteiger partial charge in [0.05, 0.1) is 12.5 Å². The molecule has 1 amide bonds. The molecule has 2 fully saturated rings. The minimum absolute atomic E-state index is 0.0956. The molecule has 1 atom stereocenters. The van der Waals surface area contributed by atoms with Crippen molar-refractivity contribution in [1.29, 1.82) is 0 Å². The molecule has 0 unspecified atom stereocenters. The standard InChI is InChI=1S/C16H22N2O2/c19-16(14-7-12-20-13-14)18-9-4-8-17(10-11-18)15-5-2-1-3-6-15/h1-3,5-6,14H,4,7-13H2/t14-/m0/s1. The summed E-state index contributed by atoms with van der Waals surface area (Å²) >= 11 is 0. The van der Waals surface area contributed by atoms with E-state index in [-0.39, 0.29) is 11.8 Å². The Bertz CT molecular complexity index is 443. The first-order valence-corrected chi connectivity index (χ1v) is 7.51. The van der Waals surface area contributed by atoms with Gasteiger partial charge in [-0.25, -0.2) is 0 Å². The molecule has 2 heterocycles. The van der Waals surface area contributed by atoms with Crippen LogP contribution in [0, 0.1) is 5.92 Å². The monoisotopic (exact) mass is 274 g/mol. The van der Waals surface area contributed by atoms with E-state index in [9.17, 15) is 4.79 Å². The zero-order valence-corrected chi connectivity index (χ0v) is 11.8. The van der Waals surface area contributed by atoms with Crippen molar-refractivity contribution >= 4 is 11.6 Å². The van der Waals surface area contributed by atoms with Gasteiger partial charge in [0, 0.05) is 38.5 Å². The highest BCUT2D eigenvalue weighted by Gasteiger charge is 2.29. The first kappa shape index (κ1) is 13.4. The second kappa shape index (κ2) is 6.27. The molecular formula is C16H22N2O2. The molecule has 2 aliphatic heterocycles. The average molecular weight is 274 g/mol. The molecule has 0 N–H and O–H groups in total. The number of para-hydroxylation sites is 1. The SMILES string of the molecule is O=C([C@H]1CCOC1)N1CCCN(c2ccccc2)CC1. The molecule has 1 aromatic rings. The third kappa shape index (κ3) is 2.96. The van der Waals surface area contributed by atoms with Crippen molar-refractivity contribution in [3.63, 3.8) is 0 Å². The van der Waals surface area contributed by atoms with Gasteiger partial charge in [-0.15, -0.1) is 0 Å². The highest BCUT2D eigenvalue weighted by Crippen LogP contribution is 2.19. The minimum atomic E-state index is 0.0956. The van der Waals surface area contributed by atoms with Crippen LogP contribution in [-0.4, -0.2) is 50.2 Å². The predicted octanol–water partition coefficient (Wildman–Crippen LogP) is 1.76. The van der Waals surface area contributed by atoms with Crippen LogP contribution in [0.1, 0.15) is 12.8 Å². The van der Waals surface area contributed by atoms with Crippen LogP contribution in [0.2, 0.25) is 0 Å². The summed E-state index contributed by atoms with van der Waals surface area (Å²) < 4.78 is 5.33. The van der Waals surface area contributed by atoms with Crippen LogP contribution in [0.3, 0.4) is 0 Å². The first-order valence-electron chi connectivity index (χ1n) is 7.51. The molecule has 4 nitrogen and oxygen atoms in total. The molecule has 2 saturated heterocycles. The lowest BCUT2D eigenvalue weighted by Gasteiger charge is -2.25. The topological polar surface area (TPSA) is 32.8 Å². The van der Waals surface area contributed by atoms with Crippen LogP contribution < -0.4 is 4.90 Å². The van der Waals surface area contributed by atoms with Crippen molar-refractivity contribution in [2.24, 2.45) is 5.92 Å². The van der Waals surface area contributed by atoms with Gasteiger partial charge in [0.2, 0.25) is 5.91 Å². The van der Waals surface area contributed by atoms with E-state index in [1.807, 2.05) is 11.0 Å². The predicted molar refractivity (Wildman–Crippen MR) is 78.8 cm³/mol. The maximum atomic E-state index is 12.4. The maximum absolute atomic E-state index is 12.4. The molecular weight excluding hydrogens is 252 g/mol. The van der Waals surface area contributed by atoms with Crippen LogP contribution >= 0.6 is 0 Å². The first-order chi connectivity index (χ1) is 9.84. The van der Waals surface area contributed by atoms with Crippen molar-refractivity contribution < 1.29 is 9.53 Å². The lowest BCUT2D eigenvalue weighted by molar-refractivity contribution is -0.135. The molecule has 20 heavy (non-hydrogen) atoms. The number of nitrogens with zero attached hydrogens (tertiary/aromatic N) is 2. The molecule has 108 valence electrons. The Morgan fingerprint density at radius 1 is 1.10 bits per heavy atom. The van der Waals surface area contributed by atoms with Gasteiger partial charge in [-0.2, -0.15) is 0 Å². The number of amides is 1. The summed E-state index contributed by atoms with van der Waals surface area (Å²) in [6.45, 7) is 4.99. The fraction of sp³-hybridized carbons (Fsp3) is 0.562. The molecule has 1 aromatic carbocycles. The Labute approximate surface area is 120 Å². The average Bonchev–Trinajstić information content (AvgIpc) is 2.92. The van der Waals surface area contributed by atoms with Crippen molar-refractivity contribution in [1.82, 2.24) is 4.90 Å². The van der Waals surface area contributed by atoms with Gasteiger partial charge in [-0.05, 0) is 25.0 Å². The zero-order chi connectivity index (χ0) is 13.8. The summed E-state index contributed by atoms with van der Waals surface area (Å²) in [5.74, 6) is 0.385. The zero-order valence-electron chi connectivity index (χ0n) is 11.8. The lowest BCUT2D eigenvalue weighted by atomic mass is 10.1. The number of ether oxygens (including phenoxy) is 1. The second-order valence-electron chi connectivity index (χ2n) is 5.56. The van der Waals surface area contributed by atoms with Gasteiger partial charge in [0.25, 0.3) is 0 Å². The van der Waals surface area contributed by atoms with Crippen LogP contribution in [0.25, 0.3) is 0 Å². The fourth-order valence-corrected chi connectivity index (χ4v) is 3.02. The van der Waals surface area contributed by atoms with E-state index in [2.05, 4.69) is 29.2 Å². The molecule has 0 spiro atoms. The normalized spacial score (nSPS) is 23.7. The molecule has 0 aliphatic carbocycles. The Kier molecular flexibility index (Phi) is 4.21. The molecule has 3 rings (SSSR count). The smallest absolute Gasteiger partial charge is 0.228 e. The van der Waals surface area contributed by atoms with Crippen molar-refractivity contribution in [3.8, 4) is 0 Å². The molecule has 0 radical (unpaired) electrons. The fourth-order valence-electron chi connectivity index (χ4n) is 3.02. The van der Waals surface area contributed by atoms with Crippen LogP contribution in [0.15, 0.2) is 30.3 Å². The third-order valence-electron chi connectivity index (χ3n) is 4.21. The summed E-state index contributed by atoms with van der Waals surface area (Å²) in [5.41, 5.74) is 1.26. The van der Waals surface area contributed by atoms with Crippen molar-refractivity contribution in [2.45, 2.75) is 12.8 Å². The maximum Gasteiger partial charge on any atom is 0.228 e. The van der Waals surface area contributed by atoms with E-state index in [0.717, 1.165) is 45.6 Å². The van der Waals surface area contributed by atoms with E-state index in [4.69, 9.17) is 4.74 Å². The molecule has 0 bridgehead atoms. The lowest BCUT2D eigenvalue weighted by Crippen LogP contribution is -2.39. The molecule has 0 aromatic heterocycles. The number of anilines is 1. The largest absolute Gasteiger partial charge is 0.381 e. The van der Waals surface area contributed by atoms with Crippen LogP contribution in [0.5, 0.6) is 0 Å². The number of hydrogen-bond acceptors (Lipinski definition) is 3. The molecule has 2 aliphatic rings. The second-order valence-corrected chi connectivity index (χ2v) is 5.56. The third-order valence-corrected chi connectivity index (χ3v) is 4.21. The van der Waals surface area contributed by atoms with Gasteiger partial charge < -0.3 is 14.5 Å². The van der Waals surface area contributed by atoms with Gasteiger partial charge in [0.1, 0.15) is 0 Å². The Balaban J connectivity index is 1.60. The molecule has 4 heteroatoms. The summed E-state index contributed by atoms with van der Waals surface area (Å²) in [6.07, 6.45) is 1.92. The Hall–Kier alpha value is -1.55. The number of carbonyl (C=O) groups excluding carboxylic acids is 1. The van der Waals surface area contributed by atoms with E-state index < -0.39 is 0 Å². The van der Waals surface area contributed by atoms with Crippen LogP contribution in [-0.2, 0) is 9.53 Å². The highest BCUT2D eigenvalue weighted by atomic mass is 16.5. The van der Waals surface area contributed by atoms with E-state index in [1.165, 1.54) is 5.69 Å². The summed E-state index contributed by atoms with van der Waals surface area (Å²) in [6, 6.07) is 10.5. The minimum Gasteiger partial charge on any atom is -0.381 e. The highest BCUT2D eigenvalue weighted by molar-refractivity contribution is 5.79. The number of carbonyl (C=O) groups is 1. The number of benzene rings is 1. The quantitative estimate of drug-likeness (QED) is 0.824. The Morgan fingerprint density at radius 3 is 2.70 bits per heavy atom. The van der Waals surface area contributed by atoms with Crippen molar-refractivity contribution in [2.75, 3.05) is 44.3 Å². The van der Waals surface area contributed by atoms with E-state index in [0.29, 0.717) is 6.61 Å². The van der Waals surface area contributed by atoms with Gasteiger partial charge >= 0.3 is 0 Å². The van der Waals surface area contributed by atoms with E-state index in [1.54, 1.807) is 0 Å². The number of hydrogen-bond donors (Lipinski definition) is 0. The summed E-state index contributed by atoms with van der Waals surface area (Å²) in [7, 11) is 0.